The molecule has 1 fully saturated rings. The van der Waals surface area contributed by atoms with E-state index in [0.717, 1.165) is 41.5 Å². The highest BCUT2D eigenvalue weighted by Gasteiger charge is 2.34. The zero-order chi connectivity index (χ0) is 22.9. The maximum Gasteiger partial charge on any atom is 0.223 e. The van der Waals surface area contributed by atoms with Gasteiger partial charge >= 0.3 is 0 Å². The van der Waals surface area contributed by atoms with E-state index in [2.05, 4.69) is 11.1 Å². The van der Waals surface area contributed by atoms with E-state index >= 15 is 0 Å². The Bertz CT molecular complexity index is 1200. The van der Waals surface area contributed by atoms with Crippen LogP contribution in [0.2, 0.25) is 0 Å². The number of fused-ring (bicyclic) bond motifs is 3. The summed E-state index contributed by atoms with van der Waals surface area (Å²) in [5, 5.41) is 1.16. The van der Waals surface area contributed by atoms with Gasteiger partial charge in [-0.25, -0.2) is 4.39 Å². The first-order valence-electron chi connectivity index (χ1n) is 11.6. The molecule has 1 unspecified atom stereocenters. The van der Waals surface area contributed by atoms with Crippen molar-refractivity contribution in [3.63, 3.8) is 0 Å². The fourth-order valence-corrected chi connectivity index (χ4v) is 5.21. The molecule has 3 heterocycles. The first kappa shape index (κ1) is 21.5. The molecule has 7 heteroatoms. The van der Waals surface area contributed by atoms with Crippen molar-refractivity contribution in [2.45, 2.75) is 38.1 Å². The van der Waals surface area contributed by atoms with Crippen molar-refractivity contribution < 1.29 is 18.7 Å². The number of methoxy groups -OCH3 is 1. The Morgan fingerprint density at radius 1 is 1.18 bits per heavy atom. The number of likely N-dealkylation sites (tertiary alicyclic amines) is 1. The number of ether oxygens (including phenoxy) is 1. The molecule has 2 aromatic carbocycles. The molecule has 0 bridgehead atoms. The molecule has 0 saturated carbocycles. The van der Waals surface area contributed by atoms with Crippen molar-refractivity contribution in [3.8, 4) is 5.75 Å². The van der Waals surface area contributed by atoms with Crippen LogP contribution in [0.4, 0.5) is 4.39 Å². The Hall–Kier alpha value is -3.35. The van der Waals surface area contributed by atoms with Crippen LogP contribution in [0.1, 0.15) is 48.5 Å². The quantitative estimate of drug-likeness (QED) is 0.614. The lowest BCUT2D eigenvalue weighted by Crippen LogP contribution is -2.41. The van der Waals surface area contributed by atoms with E-state index in [0.29, 0.717) is 32.4 Å². The molecule has 1 aromatic heterocycles. The van der Waals surface area contributed by atoms with Gasteiger partial charge in [0.05, 0.1) is 13.2 Å². The van der Waals surface area contributed by atoms with E-state index in [-0.39, 0.29) is 23.6 Å². The van der Waals surface area contributed by atoms with E-state index in [4.69, 9.17) is 4.74 Å². The second-order valence-electron chi connectivity index (χ2n) is 8.78. The minimum atomic E-state index is -0.429. The SMILES string of the molecule is COc1cc(C2c3[nH]c4ccccc4c3CCN2C(=O)CCCN2CCCC2=O)ccc1F. The summed E-state index contributed by atoms with van der Waals surface area (Å²) < 4.78 is 19.4. The molecule has 172 valence electrons. The average Bonchev–Trinajstić information content (AvgIpc) is 3.41. The van der Waals surface area contributed by atoms with Crippen LogP contribution in [-0.2, 0) is 16.0 Å². The topological polar surface area (TPSA) is 65.6 Å². The number of nitrogens with one attached hydrogen (secondary N) is 1. The van der Waals surface area contributed by atoms with Crippen LogP contribution in [0, 0.1) is 5.82 Å². The largest absolute Gasteiger partial charge is 0.494 e. The summed E-state index contributed by atoms with van der Waals surface area (Å²) >= 11 is 0. The second-order valence-corrected chi connectivity index (χ2v) is 8.78. The van der Waals surface area contributed by atoms with Gasteiger partial charge in [-0.3, -0.25) is 9.59 Å². The number of H-pyrrole nitrogens is 1. The summed E-state index contributed by atoms with van der Waals surface area (Å²) in [7, 11) is 1.44. The zero-order valence-corrected chi connectivity index (χ0v) is 18.8. The third-order valence-electron chi connectivity index (χ3n) is 6.84. The van der Waals surface area contributed by atoms with Crippen molar-refractivity contribution in [2.75, 3.05) is 26.7 Å². The summed E-state index contributed by atoms with van der Waals surface area (Å²) in [5.74, 6) is -0.0450. The third kappa shape index (κ3) is 3.96. The predicted octanol–water partition coefficient (Wildman–Crippen LogP) is 4.19. The average molecular weight is 450 g/mol. The van der Waals surface area contributed by atoms with E-state index in [9.17, 15) is 14.0 Å². The van der Waals surface area contributed by atoms with Gasteiger partial charge in [-0.1, -0.05) is 24.3 Å². The van der Waals surface area contributed by atoms with Gasteiger partial charge in [0.25, 0.3) is 0 Å². The Labute approximate surface area is 192 Å². The highest BCUT2D eigenvalue weighted by Crippen LogP contribution is 2.40. The van der Waals surface area contributed by atoms with Gasteiger partial charge in [-0.05, 0) is 48.6 Å². The van der Waals surface area contributed by atoms with Gasteiger partial charge in [-0.15, -0.1) is 0 Å². The predicted molar refractivity (Wildman–Crippen MR) is 124 cm³/mol. The number of rotatable bonds is 6. The highest BCUT2D eigenvalue weighted by molar-refractivity contribution is 5.86. The number of aromatic amines is 1. The Balaban J connectivity index is 1.46. The zero-order valence-electron chi connectivity index (χ0n) is 18.8. The van der Waals surface area contributed by atoms with Crippen LogP contribution < -0.4 is 4.74 Å². The summed E-state index contributed by atoms with van der Waals surface area (Å²) in [5.41, 5.74) is 4.01. The third-order valence-corrected chi connectivity index (χ3v) is 6.84. The number of benzene rings is 2. The van der Waals surface area contributed by atoms with Crippen LogP contribution in [-0.4, -0.2) is 53.3 Å². The highest BCUT2D eigenvalue weighted by atomic mass is 19.1. The fraction of sp³-hybridized carbons (Fsp3) is 0.385. The van der Waals surface area contributed by atoms with Crippen LogP contribution in [0.25, 0.3) is 10.9 Å². The maximum atomic E-state index is 14.2. The Morgan fingerprint density at radius 3 is 2.82 bits per heavy atom. The fourth-order valence-electron chi connectivity index (χ4n) is 5.21. The van der Waals surface area contributed by atoms with E-state index in [1.807, 2.05) is 28.0 Å². The summed E-state index contributed by atoms with van der Waals surface area (Å²) in [6.07, 6.45) is 3.27. The van der Waals surface area contributed by atoms with Gasteiger partial charge < -0.3 is 19.5 Å². The molecule has 1 N–H and O–H groups in total. The lowest BCUT2D eigenvalue weighted by atomic mass is 9.91. The molecular weight excluding hydrogens is 421 g/mol. The summed E-state index contributed by atoms with van der Waals surface area (Å²) in [6, 6.07) is 12.6. The lowest BCUT2D eigenvalue weighted by Gasteiger charge is -2.36. The number of aromatic nitrogens is 1. The first-order chi connectivity index (χ1) is 16.1. The minimum absolute atomic E-state index is 0.0410. The molecule has 5 rings (SSSR count). The maximum absolute atomic E-state index is 14.2. The molecule has 2 aliphatic heterocycles. The molecule has 0 radical (unpaired) electrons. The molecule has 1 atom stereocenters. The van der Waals surface area contributed by atoms with Crippen LogP contribution in [0.3, 0.4) is 0 Å². The number of carbonyl (C=O) groups excluding carboxylic acids is 2. The van der Waals surface area contributed by atoms with Crippen molar-refractivity contribution >= 4 is 22.7 Å². The number of hydrogen-bond acceptors (Lipinski definition) is 3. The number of para-hydroxylation sites is 1. The molecule has 0 aliphatic carbocycles. The number of carbonyl (C=O) groups is 2. The van der Waals surface area contributed by atoms with Crippen LogP contribution in [0.5, 0.6) is 5.75 Å². The smallest absolute Gasteiger partial charge is 0.223 e. The number of hydrogen-bond donors (Lipinski definition) is 1. The van der Waals surface area contributed by atoms with E-state index in [1.54, 1.807) is 12.1 Å². The minimum Gasteiger partial charge on any atom is -0.494 e. The second kappa shape index (κ2) is 8.89. The Morgan fingerprint density at radius 2 is 2.03 bits per heavy atom. The van der Waals surface area contributed by atoms with Gasteiger partial charge in [0.2, 0.25) is 11.8 Å². The first-order valence-corrected chi connectivity index (χ1v) is 11.6. The molecule has 3 aromatic rings. The summed E-state index contributed by atoms with van der Waals surface area (Å²) in [4.78, 5) is 32.5. The van der Waals surface area contributed by atoms with E-state index in [1.165, 1.54) is 18.7 Å². The number of amides is 2. The standard InChI is InChI=1S/C26H28FN3O3/c1-33-22-16-17(10-11-20(22)27)26-25-19(18-6-2-3-7-21(18)28-25)12-15-30(26)24(32)9-5-14-29-13-4-8-23(29)31/h2-3,6-7,10-11,16,26,28H,4-5,8-9,12-15H2,1H3. The monoisotopic (exact) mass is 449 g/mol. The van der Waals surface area contributed by atoms with Gasteiger partial charge in [0, 0.05) is 49.1 Å². The van der Waals surface area contributed by atoms with Crippen molar-refractivity contribution in [1.29, 1.82) is 0 Å². The number of nitrogens with zero attached hydrogens (tertiary/aromatic N) is 2. The molecule has 6 nitrogen and oxygen atoms in total. The lowest BCUT2D eigenvalue weighted by molar-refractivity contribution is -0.134. The van der Waals surface area contributed by atoms with E-state index < -0.39 is 5.82 Å². The normalized spacial score (nSPS) is 18.1. The number of halogens is 1. The van der Waals surface area contributed by atoms with Crippen molar-refractivity contribution in [3.05, 3.63) is 65.1 Å². The van der Waals surface area contributed by atoms with Crippen molar-refractivity contribution in [1.82, 2.24) is 14.8 Å². The summed E-state index contributed by atoms with van der Waals surface area (Å²) in [6.45, 7) is 1.99. The van der Waals surface area contributed by atoms with Crippen LogP contribution >= 0.6 is 0 Å². The molecule has 33 heavy (non-hydrogen) atoms. The van der Waals surface area contributed by atoms with Crippen LogP contribution in [0.15, 0.2) is 42.5 Å². The molecule has 1 saturated heterocycles. The van der Waals surface area contributed by atoms with Gasteiger partial charge in [0.1, 0.15) is 0 Å². The molecule has 2 amide bonds. The van der Waals surface area contributed by atoms with Crippen molar-refractivity contribution in [2.24, 2.45) is 0 Å². The molecule has 2 aliphatic rings. The molecule has 0 spiro atoms. The Kier molecular flexibility index (Phi) is 5.79. The molecular formula is C26H28FN3O3. The van der Waals surface area contributed by atoms with Gasteiger partial charge in [0.15, 0.2) is 11.6 Å². The van der Waals surface area contributed by atoms with Gasteiger partial charge in [-0.2, -0.15) is 0 Å².